The molecule has 0 amide bonds. The fraction of sp³-hybridized carbons (Fsp3) is 0.111. The van der Waals surface area contributed by atoms with Crippen molar-refractivity contribution in [1.29, 1.82) is 0 Å². The summed E-state index contributed by atoms with van der Waals surface area (Å²) in [5, 5.41) is 15.2. The molecule has 2 heterocycles. The van der Waals surface area contributed by atoms with Gasteiger partial charge in [-0.1, -0.05) is 50.6 Å². The Labute approximate surface area is 189 Å². The van der Waals surface area contributed by atoms with Gasteiger partial charge in [0.1, 0.15) is 0 Å². The Balaban J connectivity index is 0.00000141. The molecule has 0 bridgehead atoms. The van der Waals surface area contributed by atoms with Crippen molar-refractivity contribution in [1.82, 2.24) is 20.5 Å². The van der Waals surface area contributed by atoms with Gasteiger partial charge >= 0.3 is 0 Å². The number of benzene rings is 2. The number of aromatic amines is 1. The molecule has 0 saturated heterocycles. The van der Waals surface area contributed by atoms with E-state index in [0.717, 1.165) is 44.9 Å². The lowest BCUT2D eigenvalue weighted by Crippen LogP contribution is -2.12. The van der Waals surface area contributed by atoms with E-state index in [2.05, 4.69) is 38.3 Å². The summed E-state index contributed by atoms with van der Waals surface area (Å²) in [7, 11) is 0. The van der Waals surface area contributed by atoms with E-state index in [1.54, 1.807) is 6.20 Å². The maximum atomic E-state index is 5.34. The molecule has 5 nitrogen and oxygen atoms in total. The van der Waals surface area contributed by atoms with Crippen LogP contribution in [0, 0.1) is 12.3 Å². The minimum atomic E-state index is 0.433. The quantitative estimate of drug-likeness (QED) is 0.316. The molecule has 5 heteroatoms. The molecule has 0 aliphatic heterocycles. The number of fused-ring (bicyclic) bond motifs is 1. The number of terminal acetylenes is 1. The summed E-state index contributed by atoms with van der Waals surface area (Å²) in [4.78, 5) is 4.30. The Morgan fingerprint density at radius 3 is 2.69 bits per heavy atom. The first-order valence-corrected chi connectivity index (χ1v) is 10.5. The van der Waals surface area contributed by atoms with Crippen molar-refractivity contribution < 1.29 is 0 Å². The number of aromatic nitrogens is 3. The zero-order chi connectivity index (χ0) is 22.8. The van der Waals surface area contributed by atoms with Gasteiger partial charge < -0.3 is 10.6 Å². The average molecular weight is 422 g/mol. The van der Waals surface area contributed by atoms with Crippen molar-refractivity contribution >= 4 is 40.1 Å². The van der Waals surface area contributed by atoms with Gasteiger partial charge in [0, 0.05) is 34.2 Å². The van der Waals surface area contributed by atoms with Gasteiger partial charge in [0.25, 0.3) is 0 Å². The van der Waals surface area contributed by atoms with Crippen LogP contribution in [0.4, 0.5) is 11.4 Å². The molecule has 0 spiro atoms. The molecule has 0 saturated carbocycles. The van der Waals surface area contributed by atoms with Crippen LogP contribution in [0.1, 0.15) is 30.8 Å². The van der Waals surface area contributed by atoms with Crippen molar-refractivity contribution in [3.63, 3.8) is 0 Å². The summed E-state index contributed by atoms with van der Waals surface area (Å²) in [6.07, 6.45) is 11.0. The molecule has 0 unspecified atom stereocenters. The highest BCUT2D eigenvalue weighted by Crippen LogP contribution is 2.27. The van der Waals surface area contributed by atoms with Crippen molar-refractivity contribution in [2.75, 3.05) is 11.9 Å². The van der Waals surface area contributed by atoms with Gasteiger partial charge in [0.05, 0.1) is 23.4 Å². The number of anilines is 2. The number of pyridine rings is 1. The van der Waals surface area contributed by atoms with E-state index in [1.165, 1.54) is 0 Å². The molecule has 2 aromatic carbocycles. The van der Waals surface area contributed by atoms with Crippen molar-refractivity contribution in [3.8, 4) is 12.3 Å². The summed E-state index contributed by atoms with van der Waals surface area (Å²) in [5.74, 6) is 2.57. The molecule has 2 aromatic heterocycles. The Morgan fingerprint density at radius 2 is 1.91 bits per heavy atom. The first-order chi connectivity index (χ1) is 15.7. The molecule has 0 fully saturated rings. The van der Waals surface area contributed by atoms with Crippen LogP contribution in [0.25, 0.3) is 28.8 Å². The van der Waals surface area contributed by atoms with Gasteiger partial charge in [-0.15, -0.1) is 6.42 Å². The van der Waals surface area contributed by atoms with Crippen LogP contribution in [0.2, 0.25) is 0 Å². The van der Waals surface area contributed by atoms with Gasteiger partial charge in [-0.2, -0.15) is 5.10 Å². The predicted octanol–water partition coefficient (Wildman–Crippen LogP) is 6.09. The number of nitrogens with one attached hydrogen (secondary N) is 3. The van der Waals surface area contributed by atoms with Gasteiger partial charge in [-0.05, 0) is 48.6 Å². The third kappa shape index (κ3) is 5.44. The molecule has 0 aliphatic rings. The van der Waals surface area contributed by atoms with Gasteiger partial charge in [-0.3, -0.25) is 10.1 Å². The third-order valence-corrected chi connectivity index (χ3v) is 4.63. The highest BCUT2D eigenvalue weighted by Gasteiger charge is 2.08. The van der Waals surface area contributed by atoms with Crippen LogP contribution in [-0.2, 0) is 0 Å². The van der Waals surface area contributed by atoms with Crippen LogP contribution in [-0.4, -0.2) is 21.7 Å². The largest absolute Gasteiger partial charge is 0.374 e. The summed E-state index contributed by atoms with van der Waals surface area (Å²) in [5.41, 5.74) is 6.35. The Morgan fingerprint density at radius 1 is 1.09 bits per heavy atom. The molecule has 0 aliphatic carbocycles. The van der Waals surface area contributed by atoms with E-state index >= 15 is 0 Å². The second kappa shape index (κ2) is 11.2. The highest BCUT2D eigenvalue weighted by atomic mass is 15.1. The maximum Gasteiger partial charge on any atom is 0.0928 e. The highest BCUT2D eigenvalue weighted by molar-refractivity contribution is 5.92. The lowest BCUT2D eigenvalue weighted by Gasteiger charge is -2.14. The van der Waals surface area contributed by atoms with Crippen LogP contribution >= 0.6 is 0 Å². The number of para-hydroxylation sites is 1. The number of nitrogens with zero attached hydrogens (tertiary/aromatic N) is 2. The summed E-state index contributed by atoms with van der Waals surface area (Å²) in [6.45, 7) is 8.52. The molecule has 0 radical (unpaired) electrons. The molecule has 160 valence electrons. The third-order valence-electron chi connectivity index (χ3n) is 4.63. The van der Waals surface area contributed by atoms with E-state index in [-0.39, 0.29) is 0 Å². The Hall–Kier alpha value is -4.30. The van der Waals surface area contributed by atoms with Crippen LogP contribution in [0.3, 0.4) is 0 Å². The van der Waals surface area contributed by atoms with Crippen LogP contribution < -0.4 is 10.6 Å². The van der Waals surface area contributed by atoms with Gasteiger partial charge in [-0.25, -0.2) is 0 Å². The van der Waals surface area contributed by atoms with Gasteiger partial charge in [0.2, 0.25) is 0 Å². The standard InChI is InChI=1S/C25H21N5.C2H6/c1-3-15-26-18(2)21-9-4-5-10-23(21)28-20-11-13-22-24(29-30-25(22)17-20)14-12-19-8-6-7-16-27-19;1-2/h1,4-14,16-17,26,28H,2,15H2,(H,29,30);1-2H3/b14-12+;. The number of H-pyrrole nitrogens is 1. The topological polar surface area (TPSA) is 65.6 Å². The monoisotopic (exact) mass is 421 g/mol. The van der Waals surface area contributed by atoms with Gasteiger partial charge in [0.15, 0.2) is 0 Å². The number of hydrogen-bond donors (Lipinski definition) is 3. The van der Waals surface area contributed by atoms with E-state index in [9.17, 15) is 0 Å². The molecular formula is C27H27N5. The Kier molecular flexibility index (Phi) is 7.83. The number of hydrogen-bond acceptors (Lipinski definition) is 4. The summed E-state index contributed by atoms with van der Waals surface area (Å²) in [6, 6.07) is 19.9. The zero-order valence-electron chi connectivity index (χ0n) is 18.4. The van der Waals surface area contributed by atoms with E-state index < -0.39 is 0 Å². The minimum absolute atomic E-state index is 0.433. The van der Waals surface area contributed by atoms with E-state index in [0.29, 0.717) is 6.54 Å². The first-order valence-electron chi connectivity index (χ1n) is 10.5. The lowest BCUT2D eigenvalue weighted by atomic mass is 10.1. The predicted molar refractivity (Wildman–Crippen MR) is 136 cm³/mol. The molecule has 0 atom stereocenters. The zero-order valence-corrected chi connectivity index (χ0v) is 18.4. The fourth-order valence-corrected chi connectivity index (χ4v) is 3.15. The second-order valence-electron chi connectivity index (χ2n) is 6.66. The first kappa shape index (κ1) is 22.4. The summed E-state index contributed by atoms with van der Waals surface area (Å²) >= 11 is 0. The lowest BCUT2D eigenvalue weighted by molar-refractivity contribution is 1.04. The SMILES string of the molecule is C#CCNC(=C)c1ccccc1Nc1ccc2c(/C=C/c3ccccn3)n[nH]c2c1.CC. The van der Waals surface area contributed by atoms with E-state index in [1.807, 2.05) is 86.7 Å². The van der Waals surface area contributed by atoms with Crippen LogP contribution in [0.15, 0.2) is 73.4 Å². The molecule has 4 rings (SSSR count). The normalized spacial score (nSPS) is 10.3. The Bertz CT molecular complexity index is 1250. The maximum absolute atomic E-state index is 5.34. The molecule has 4 aromatic rings. The minimum Gasteiger partial charge on any atom is -0.374 e. The smallest absolute Gasteiger partial charge is 0.0928 e. The average Bonchev–Trinajstić information content (AvgIpc) is 3.25. The van der Waals surface area contributed by atoms with Crippen LogP contribution in [0.5, 0.6) is 0 Å². The molecular weight excluding hydrogens is 394 g/mol. The van der Waals surface area contributed by atoms with Crippen molar-refractivity contribution in [3.05, 3.63) is 90.4 Å². The fourth-order valence-electron chi connectivity index (χ4n) is 3.15. The second-order valence-corrected chi connectivity index (χ2v) is 6.66. The number of rotatable bonds is 7. The molecule has 3 N–H and O–H groups in total. The van der Waals surface area contributed by atoms with E-state index in [4.69, 9.17) is 6.42 Å². The van der Waals surface area contributed by atoms with Crippen molar-refractivity contribution in [2.24, 2.45) is 0 Å². The van der Waals surface area contributed by atoms with Crippen molar-refractivity contribution in [2.45, 2.75) is 13.8 Å². The summed E-state index contributed by atoms with van der Waals surface area (Å²) < 4.78 is 0. The molecule has 32 heavy (non-hydrogen) atoms.